The molecule has 3 aromatic rings. The van der Waals surface area contributed by atoms with Crippen molar-refractivity contribution < 1.29 is 0 Å². The number of aromatic nitrogens is 1. The van der Waals surface area contributed by atoms with E-state index >= 15 is 0 Å². The van der Waals surface area contributed by atoms with E-state index in [1.54, 1.807) is 0 Å². The van der Waals surface area contributed by atoms with Gasteiger partial charge in [-0.1, -0.05) is 42.5 Å². The van der Waals surface area contributed by atoms with E-state index < -0.39 is 0 Å². The van der Waals surface area contributed by atoms with Crippen molar-refractivity contribution in [2.24, 2.45) is 0 Å². The monoisotopic (exact) mass is 193 g/mol. The summed E-state index contributed by atoms with van der Waals surface area (Å²) in [5.41, 5.74) is 2.17. The maximum absolute atomic E-state index is 4.60. The summed E-state index contributed by atoms with van der Waals surface area (Å²) in [7, 11) is 0. The molecule has 0 atom stereocenters. The summed E-state index contributed by atoms with van der Waals surface area (Å²) in [6.07, 6.45) is 0. The van der Waals surface area contributed by atoms with Crippen molar-refractivity contribution in [3.8, 4) is 0 Å². The Morgan fingerprint density at radius 1 is 0.800 bits per heavy atom. The van der Waals surface area contributed by atoms with E-state index in [0.29, 0.717) is 0 Å². The molecule has 72 valence electrons. The highest BCUT2D eigenvalue weighted by Crippen LogP contribution is 2.23. The summed E-state index contributed by atoms with van der Waals surface area (Å²) < 4.78 is 0. The first-order valence-electron chi connectivity index (χ1n) is 5.10. The first-order valence-corrected chi connectivity index (χ1v) is 5.10. The molecule has 0 aliphatic rings. The van der Waals surface area contributed by atoms with Crippen LogP contribution in [0.25, 0.3) is 21.7 Å². The normalized spacial score (nSPS) is 11.0. The number of hydrogen-bond donors (Lipinski definition) is 0. The van der Waals surface area contributed by atoms with E-state index in [9.17, 15) is 0 Å². The maximum Gasteiger partial charge on any atom is 0.0783 e. The molecule has 0 aliphatic heterocycles. The van der Waals surface area contributed by atoms with Crippen molar-refractivity contribution in [3.63, 3.8) is 0 Å². The summed E-state index contributed by atoms with van der Waals surface area (Å²) in [5.74, 6) is 0. The zero-order chi connectivity index (χ0) is 10.3. The van der Waals surface area contributed by atoms with Crippen LogP contribution < -0.4 is 0 Å². The molecule has 1 heterocycles. The molecule has 0 aliphatic carbocycles. The van der Waals surface area contributed by atoms with Gasteiger partial charge in [-0.05, 0) is 18.4 Å². The molecule has 0 fully saturated rings. The van der Waals surface area contributed by atoms with Crippen LogP contribution in [0.1, 0.15) is 5.69 Å². The van der Waals surface area contributed by atoms with E-state index in [4.69, 9.17) is 0 Å². The highest BCUT2D eigenvalue weighted by atomic mass is 14.7. The Morgan fingerprint density at radius 3 is 2.47 bits per heavy atom. The van der Waals surface area contributed by atoms with E-state index in [1.807, 2.05) is 6.92 Å². The lowest BCUT2D eigenvalue weighted by molar-refractivity contribution is 1.26. The summed E-state index contributed by atoms with van der Waals surface area (Å²) in [5, 5.41) is 3.70. The topological polar surface area (TPSA) is 12.9 Å². The summed E-state index contributed by atoms with van der Waals surface area (Å²) in [6.45, 7) is 2.03. The molecule has 0 amide bonds. The van der Waals surface area contributed by atoms with Gasteiger partial charge in [0.15, 0.2) is 0 Å². The van der Waals surface area contributed by atoms with Gasteiger partial charge >= 0.3 is 0 Å². The van der Waals surface area contributed by atoms with Crippen molar-refractivity contribution in [1.82, 2.24) is 4.98 Å². The standard InChI is InChI=1S/C14H11N/c1-10-6-7-12-9-8-11-4-2-3-5-13(11)14(12)15-10/h2-9H,1H3. The largest absolute Gasteiger partial charge is 0.252 e. The van der Waals surface area contributed by atoms with E-state index in [0.717, 1.165) is 11.2 Å². The molecule has 0 radical (unpaired) electrons. The second-order valence-electron chi connectivity index (χ2n) is 3.81. The molecule has 1 heteroatoms. The summed E-state index contributed by atoms with van der Waals surface area (Å²) in [4.78, 5) is 4.60. The third kappa shape index (κ3) is 1.28. The summed E-state index contributed by atoms with van der Waals surface area (Å²) >= 11 is 0. The van der Waals surface area contributed by atoms with Gasteiger partial charge in [-0.3, -0.25) is 4.98 Å². The molecular formula is C14H11N. The number of aryl methyl sites for hydroxylation is 1. The molecule has 0 spiro atoms. The van der Waals surface area contributed by atoms with Crippen molar-refractivity contribution in [1.29, 1.82) is 0 Å². The van der Waals surface area contributed by atoms with Crippen molar-refractivity contribution in [3.05, 3.63) is 54.2 Å². The quantitative estimate of drug-likeness (QED) is 0.496. The predicted molar refractivity (Wildman–Crippen MR) is 64.0 cm³/mol. The van der Waals surface area contributed by atoms with Crippen LogP contribution in [0.3, 0.4) is 0 Å². The first kappa shape index (κ1) is 8.42. The Hall–Kier alpha value is -1.89. The molecule has 0 bridgehead atoms. The van der Waals surface area contributed by atoms with E-state index in [-0.39, 0.29) is 0 Å². The Balaban J connectivity index is 2.57. The van der Waals surface area contributed by atoms with Crippen LogP contribution in [0.4, 0.5) is 0 Å². The minimum absolute atomic E-state index is 1.07. The molecule has 0 N–H and O–H groups in total. The number of hydrogen-bond acceptors (Lipinski definition) is 1. The molecule has 0 unspecified atom stereocenters. The van der Waals surface area contributed by atoms with Crippen LogP contribution >= 0.6 is 0 Å². The molecule has 1 nitrogen and oxygen atoms in total. The van der Waals surface area contributed by atoms with Crippen LogP contribution in [0.5, 0.6) is 0 Å². The summed E-state index contributed by atoms with van der Waals surface area (Å²) in [6, 6.07) is 16.8. The highest BCUT2D eigenvalue weighted by Gasteiger charge is 2.00. The van der Waals surface area contributed by atoms with Gasteiger partial charge in [-0.2, -0.15) is 0 Å². The first-order chi connectivity index (χ1) is 7.34. The number of benzene rings is 2. The van der Waals surface area contributed by atoms with Crippen molar-refractivity contribution >= 4 is 21.7 Å². The molecule has 1 aromatic heterocycles. The lowest BCUT2D eigenvalue weighted by Crippen LogP contribution is -1.84. The fourth-order valence-corrected chi connectivity index (χ4v) is 1.96. The molecular weight excluding hydrogens is 182 g/mol. The van der Waals surface area contributed by atoms with Gasteiger partial charge < -0.3 is 0 Å². The minimum atomic E-state index is 1.07. The second-order valence-corrected chi connectivity index (χ2v) is 3.81. The van der Waals surface area contributed by atoms with Gasteiger partial charge in [0.05, 0.1) is 5.52 Å². The number of fused-ring (bicyclic) bond motifs is 3. The lowest BCUT2D eigenvalue weighted by Gasteiger charge is -2.03. The molecule has 15 heavy (non-hydrogen) atoms. The van der Waals surface area contributed by atoms with Gasteiger partial charge in [0.2, 0.25) is 0 Å². The van der Waals surface area contributed by atoms with E-state index in [1.165, 1.54) is 16.2 Å². The third-order valence-electron chi connectivity index (χ3n) is 2.72. The predicted octanol–water partition coefficient (Wildman–Crippen LogP) is 3.70. The van der Waals surface area contributed by atoms with Gasteiger partial charge in [-0.25, -0.2) is 0 Å². The molecule has 0 saturated heterocycles. The van der Waals surface area contributed by atoms with Crippen LogP contribution in [0.15, 0.2) is 48.5 Å². The number of pyridine rings is 1. The van der Waals surface area contributed by atoms with Crippen molar-refractivity contribution in [2.45, 2.75) is 6.92 Å². The molecule has 2 aromatic carbocycles. The fourth-order valence-electron chi connectivity index (χ4n) is 1.96. The highest BCUT2D eigenvalue weighted by molar-refractivity contribution is 6.05. The number of rotatable bonds is 0. The van der Waals surface area contributed by atoms with Gasteiger partial charge in [0.1, 0.15) is 0 Å². The second kappa shape index (κ2) is 3.06. The SMILES string of the molecule is Cc1ccc2ccc3ccccc3c2n1. The lowest BCUT2D eigenvalue weighted by atomic mass is 10.1. The Morgan fingerprint density at radius 2 is 1.53 bits per heavy atom. The van der Waals surface area contributed by atoms with Crippen molar-refractivity contribution in [2.75, 3.05) is 0 Å². The van der Waals surface area contributed by atoms with Gasteiger partial charge in [0, 0.05) is 16.5 Å². The van der Waals surface area contributed by atoms with Crippen LogP contribution in [-0.2, 0) is 0 Å². The number of nitrogens with zero attached hydrogens (tertiary/aromatic N) is 1. The minimum Gasteiger partial charge on any atom is -0.252 e. The Bertz CT molecular complexity index is 641. The van der Waals surface area contributed by atoms with Gasteiger partial charge in [0.25, 0.3) is 0 Å². The zero-order valence-electron chi connectivity index (χ0n) is 8.57. The Kier molecular flexibility index (Phi) is 1.72. The fraction of sp³-hybridized carbons (Fsp3) is 0.0714. The van der Waals surface area contributed by atoms with Gasteiger partial charge in [-0.15, -0.1) is 0 Å². The zero-order valence-corrected chi connectivity index (χ0v) is 8.57. The van der Waals surface area contributed by atoms with E-state index in [2.05, 4.69) is 53.5 Å². The Labute approximate surface area is 88.4 Å². The average molecular weight is 193 g/mol. The van der Waals surface area contributed by atoms with Crippen LogP contribution in [0, 0.1) is 6.92 Å². The molecule has 0 saturated carbocycles. The van der Waals surface area contributed by atoms with Crippen LogP contribution in [-0.4, -0.2) is 4.98 Å². The van der Waals surface area contributed by atoms with Crippen LogP contribution in [0.2, 0.25) is 0 Å². The average Bonchev–Trinajstić information content (AvgIpc) is 2.29. The maximum atomic E-state index is 4.60. The smallest absolute Gasteiger partial charge is 0.0783 e. The molecule has 3 rings (SSSR count). The third-order valence-corrected chi connectivity index (χ3v) is 2.72.